The first-order valence-electron chi connectivity index (χ1n) is 9.59. The van der Waals surface area contributed by atoms with E-state index >= 15 is 0 Å². The molecule has 0 saturated carbocycles. The summed E-state index contributed by atoms with van der Waals surface area (Å²) < 4.78 is 39.7. The van der Waals surface area contributed by atoms with Crippen LogP contribution in [0.3, 0.4) is 0 Å². The predicted octanol–water partition coefficient (Wildman–Crippen LogP) is 2.00. The number of sulfonamides is 1. The molecule has 166 valence electrons. The van der Waals surface area contributed by atoms with Crippen LogP contribution in [0.25, 0.3) is 5.82 Å². The normalized spacial score (nSPS) is 11.4. The van der Waals surface area contributed by atoms with Crippen LogP contribution in [0.4, 0.5) is 5.82 Å². The van der Waals surface area contributed by atoms with E-state index in [0.717, 1.165) is 17.0 Å². The van der Waals surface area contributed by atoms with Crippen molar-refractivity contribution in [3.8, 4) is 17.3 Å². The Hall–Kier alpha value is -3.18. The van der Waals surface area contributed by atoms with E-state index in [1.807, 2.05) is 20.8 Å². The first kappa shape index (κ1) is 22.5. The third-order valence-electron chi connectivity index (χ3n) is 4.90. The highest BCUT2D eigenvalue weighted by atomic mass is 32.2. The van der Waals surface area contributed by atoms with Crippen molar-refractivity contribution < 1.29 is 17.9 Å². The number of benzene rings is 1. The van der Waals surface area contributed by atoms with Crippen LogP contribution in [0.2, 0.25) is 0 Å². The number of hydrogen-bond donors (Lipinski definition) is 2. The number of methoxy groups -OCH3 is 2. The molecule has 0 fully saturated rings. The van der Waals surface area contributed by atoms with Gasteiger partial charge in [-0.25, -0.2) is 17.8 Å². The highest BCUT2D eigenvalue weighted by Crippen LogP contribution is 2.28. The molecule has 0 spiro atoms. The summed E-state index contributed by atoms with van der Waals surface area (Å²) in [5.41, 5.74) is 3.07. The monoisotopic (exact) mass is 446 g/mol. The van der Waals surface area contributed by atoms with Crippen LogP contribution in [0, 0.1) is 20.8 Å². The van der Waals surface area contributed by atoms with Crippen molar-refractivity contribution in [3.63, 3.8) is 0 Å². The average molecular weight is 447 g/mol. The van der Waals surface area contributed by atoms with E-state index in [9.17, 15) is 8.42 Å². The fraction of sp³-hybridized carbons (Fsp3) is 0.350. The molecule has 0 aliphatic carbocycles. The molecule has 0 aliphatic rings. The predicted molar refractivity (Wildman–Crippen MR) is 117 cm³/mol. The van der Waals surface area contributed by atoms with Gasteiger partial charge in [0.1, 0.15) is 22.2 Å². The molecule has 0 unspecified atom stereocenters. The zero-order valence-corrected chi connectivity index (χ0v) is 18.9. The van der Waals surface area contributed by atoms with E-state index in [1.165, 1.54) is 26.4 Å². The number of rotatable bonds is 9. The molecule has 0 amide bonds. The van der Waals surface area contributed by atoms with E-state index in [0.29, 0.717) is 23.9 Å². The molecule has 2 N–H and O–H groups in total. The first-order valence-corrected chi connectivity index (χ1v) is 11.1. The van der Waals surface area contributed by atoms with Crippen molar-refractivity contribution in [1.29, 1.82) is 0 Å². The number of anilines is 1. The lowest BCUT2D eigenvalue weighted by Crippen LogP contribution is -2.29. The molecule has 0 saturated heterocycles. The lowest BCUT2D eigenvalue weighted by molar-refractivity contribution is 0.386. The van der Waals surface area contributed by atoms with E-state index in [4.69, 9.17) is 9.47 Å². The van der Waals surface area contributed by atoms with Gasteiger partial charge in [-0.2, -0.15) is 5.10 Å². The third-order valence-corrected chi connectivity index (χ3v) is 6.40. The van der Waals surface area contributed by atoms with E-state index in [2.05, 4.69) is 25.3 Å². The Labute approximate surface area is 181 Å². The van der Waals surface area contributed by atoms with Crippen molar-refractivity contribution in [2.45, 2.75) is 25.7 Å². The quantitative estimate of drug-likeness (QED) is 0.479. The topological polar surface area (TPSA) is 120 Å². The molecule has 0 radical (unpaired) electrons. The van der Waals surface area contributed by atoms with Crippen LogP contribution in [-0.2, 0) is 10.0 Å². The molecule has 11 heteroatoms. The van der Waals surface area contributed by atoms with Crippen molar-refractivity contribution >= 4 is 15.8 Å². The van der Waals surface area contributed by atoms with Crippen LogP contribution in [-0.4, -0.2) is 55.7 Å². The number of ether oxygens (including phenoxy) is 2. The van der Waals surface area contributed by atoms with Gasteiger partial charge in [0.2, 0.25) is 10.0 Å². The molecule has 31 heavy (non-hydrogen) atoms. The molecule has 2 heterocycles. The highest BCUT2D eigenvalue weighted by Gasteiger charge is 2.19. The maximum Gasteiger partial charge on any atom is 0.244 e. The highest BCUT2D eigenvalue weighted by molar-refractivity contribution is 7.89. The molecular formula is C20H26N6O4S. The molecule has 0 bridgehead atoms. The molecule has 10 nitrogen and oxygen atoms in total. The number of hydrogen-bond acceptors (Lipinski definition) is 8. The zero-order valence-electron chi connectivity index (χ0n) is 18.1. The van der Waals surface area contributed by atoms with E-state index in [-0.39, 0.29) is 17.2 Å². The third kappa shape index (κ3) is 4.94. The van der Waals surface area contributed by atoms with Crippen molar-refractivity contribution in [3.05, 3.63) is 47.3 Å². The summed E-state index contributed by atoms with van der Waals surface area (Å²) in [7, 11) is -0.842. The maximum absolute atomic E-state index is 12.6. The second-order valence-electron chi connectivity index (χ2n) is 6.83. The van der Waals surface area contributed by atoms with Gasteiger partial charge < -0.3 is 14.8 Å². The average Bonchev–Trinajstić information content (AvgIpc) is 3.03. The number of nitrogens with zero attached hydrogens (tertiary/aromatic N) is 4. The Morgan fingerprint density at radius 1 is 1.00 bits per heavy atom. The Balaban J connectivity index is 1.59. The largest absolute Gasteiger partial charge is 0.497 e. The summed E-state index contributed by atoms with van der Waals surface area (Å²) in [6.45, 7) is 6.42. The standard InChI is InChI=1S/C20H26N6O4S/c1-13-14(2)25-26(15(13)3)20-9-8-19(23-24-20)21-10-11-22-31(27,28)18-7-6-16(29-4)12-17(18)30-5/h6-9,12,22H,10-11H2,1-5H3,(H,21,23). The number of nitrogens with one attached hydrogen (secondary N) is 2. The Morgan fingerprint density at radius 3 is 2.35 bits per heavy atom. The molecule has 0 atom stereocenters. The smallest absolute Gasteiger partial charge is 0.244 e. The Bertz CT molecular complexity index is 1160. The van der Waals surface area contributed by atoms with Crippen LogP contribution in [0.1, 0.15) is 17.0 Å². The second kappa shape index (κ2) is 9.31. The second-order valence-corrected chi connectivity index (χ2v) is 8.56. The number of aryl methyl sites for hydroxylation is 1. The summed E-state index contributed by atoms with van der Waals surface area (Å²) in [5, 5.41) is 15.8. The fourth-order valence-electron chi connectivity index (χ4n) is 2.93. The molecule has 1 aromatic carbocycles. The van der Waals surface area contributed by atoms with Crippen LogP contribution in [0.5, 0.6) is 11.5 Å². The van der Waals surface area contributed by atoms with Gasteiger partial charge in [0, 0.05) is 24.8 Å². The Kier molecular flexibility index (Phi) is 6.76. The summed E-state index contributed by atoms with van der Waals surface area (Å²) in [6, 6.07) is 8.11. The van der Waals surface area contributed by atoms with Crippen LogP contribution < -0.4 is 19.5 Å². The van der Waals surface area contributed by atoms with E-state index in [1.54, 1.807) is 22.9 Å². The molecule has 2 aromatic heterocycles. The summed E-state index contributed by atoms with van der Waals surface area (Å²) >= 11 is 0. The summed E-state index contributed by atoms with van der Waals surface area (Å²) in [4.78, 5) is 0.0418. The lowest BCUT2D eigenvalue weighted by Gasteiger charge is -2.12. The summed E-state index contributed by atoms with van der Waals surface area (Å²) in [6.07, 6.45) is 0. The molecule has 3 aromatic rings. The minimum atomic E-state index is -3.75. The lowest BCUT2D eigenvalue weighted by atomic mass is 10.2. The van der Waals surface area contributed by atoms with Gasteiger partial charge >= 0.3 is 0 Å². The van der Waals surface area contributed by atoms with Crippen LogP contribution in [0.15, 0.2) is 35.2 Å². The zero-order chi connectivity index (χ0) is 22.6. The number of aromatic nitrogens is 4. The first-order chi connectivity index (χ1) is 14.8. The fourth-order valence-corrected chi connectivity index (χ4v) is 4.11. The van der Waals surface area contributed by atoms with Crippen molar-refractivity contribution in [2.75, 3.05) is 32.6 Å². The van der Waals surface area contributed by atoms with Gasteiger partial charge in [0.05, 0.1) is 19.9 Å². The van der Waals surface area contributed by atoms with Gasteiger partial charge in [0.15, 0.2) is 5.82 Å². The minimum Gasteiger partial charge on any atom is -0.497 e. The van der Waals surface area contributed by atoms with Gasteiger partial charge in [-0.3, -0.25) is 0 Å². The minimum absolute atomic E-state index is 0.0418. The SMILES string of the molecule is COc1ccc(S(=O)(=O)NCCNc2ccc(-n3nc(C)c(C)c3C)nn2)c(OC)c1. The van der Waals surface area contributed by atoms with Gasteiger partial charge in [-0.1, -0.05) is 0 Å². The van der Waals surface area contributed by atoms with Gasteiger partial charge in [-0.15, -0.1) is 10.2 Å². The maximum atomic E-state index is 12.6. The van der Waals surface area contributed by atoms with Gasteiger partial charge in [0.25, 0.3) is 0 Å². The van der Waals surface area contributed by atoms with Gasteiger partial charge in [-0.05, 0) is 50.6 Å². The molecular weight excluding hydrogens is 420 g/mol. The van der Waals surface area contributed by atoms with Crippen molar-refractivity contribution in [2.24, 2.45) is 0 Å². The Morgan fingerprint density at radius 2 is 1.77 bits per heavy atom. The van der Waals surface area contributed by atoms with Crippen molar-refractivity contribution in [1.82, 2.24) is 24.7 Å². The van der Waals surface area contributed by atoms with Crippen LogP contribution >= 0.6 is 0 Å². The van der Waals surface area contributed by atoms with E-state index < -0.39 is 10.0 Å². The molecule has 3 rings (SSSR count). The molecule has 0 aliphatic heterocycles. The summed E-state index contributed by atoms with van der Waals surface area (Å²) in [5.74, 6) is 1.87.